The zero-order valence-corrected chi connectivity index (χ0v) is 18.1. The molecular formula is C23H30N4O4. The Morgan fingerprint density at radius 1 is 0.871 bits per heavy atom. The Bertz CT molecular complexity index is 875. The van der Waals surface area contributed by atoms with E-state index >= 15 is 0 Å². The maximum Gasteiger partial charge on any atom is 0.269 e. The van der Waals surface area contributed by atoms with Crippen LogP contribution in [0.25, 0.3) is 0 Å². The first-order chi connectivity index (χ1) is 15.1. The van der Waals surface area contributed by atoms with Gasteiger partial charge in [0.2, 0.25) is 0 Å². The molecule has 3 rings (SSSR count). The maximum atomic E-state index is 12.3. The standard InChI is InChI=1S/C23H30N4O4/c1-30-20-10-9-19(15-21(20)31-2)23(29)25-24-22(28)17-27-12-6-11-26(13-14-27)16-18-7-4-3-5-8-18/h3-5,7-10,15H,6,11-14,16-17H2,1-2H3,(H,24,28)(H,25,29). The van der Waals surface area contributed by atoms with Crippen LogP contribution in [0.4, 0.5) is 0 Å². The van der Waals surface area contributed by atoms with Crippen LogP contribution in [0.3, 0.4) is 0 Å². The van der Waals surface area contributed by atoms with Gasteiger partial charge >= 0.3 is 0 Å². The van der Waals surface area contributed by atoms with Gasteiger partial charge < -0.3 is 9.47 Å². The van der Waals surface area contributed by atoms with Gasteiger partial charge in [-0.15, -0.1) is 0 Å². The molecule has 1 heterocycles. The van der Waals surface area contributed by atoms with Crippen molar-refractivity contribution >= 4 is 11.8 Å². The molecule has 0 aliphatic carbocycles. The molecule has 0 bridgehead atoms. The van der Waals surface area contributed by atoms with Gasteiger partial charge in [-0.25, -0.2) is 0 Å². The molecule has 8 heteroatoms. The van der Waals surface area contributed by atoms with Gasteiger partial charge in [0.05, 0.1) is 20.8 Å². The molecule has 0 saturated carbocycles. The number of carbonyl (C=O) groups excluding carboxylic acids is 2. The van der Waals surface area contributed by atoms with Gasteiger partial charge in [-0.2, -0.15) is 0 Å². The van der Waals surface area contributed by atoms with Crippen LogP contribution < -0.4 is 20.3 Å². The van der Waals surface area contributed by atoms with E-state index in [1.165, 1.54) is 19.8 Å². The minimum Gasteiger partial charge on any atom is -0.493 e. The van der Waals surface area contributed by atoms with Crippen LogP contribution in [0.15, 0.2) is 48.5 Å². The molecule has 1 saturated heterocycles. The summed E-state index contributed by atoms with van der Waals surface area (Å²) in [6, 6.07) is 15.2. The number of nitrogens with zero attached hydrogens (tertiary/aromatic N) is 2. The SMILES string of the molecule is COc1ccc(C(=O)NNC(=O)CN2CCCN(Cc3ccccc3)CC2)cc1OC. The molecule has 2 aromatic carbocycles. The number of hydrogen-bond donors (Lipinski definition) is 2. The fourth-order valence-corrected chi connectivity index (χ4v) is 3.60. The van der Waals surface area contributed by atoms with E-state index in [9.17, 15) is 9.59 Å². The number of carbonyl (C=O) groups is 2. The maximum absolute atomic E-state index is 12.3. The Kier molecular flexibility index (Phi) is 8.26. The molecule has 1 fully saturated rings. The highest BCUT2D eigenvalue weighted by Crippen LogP contribution is 2.27. The van der Waals surface area contributed by atoms with Crippen LogP contribution in [0.5, 0.6) is 11.5 Å². The quantitative estimate of drug-likeness (QED) is 0.656. The van der Waals surface area contributed by atoms with E-state index in [-0.39, 0.29) is 12.5 Å². The lowest BCUT2D eigenvalue weighted by Crippen LogP contribution is -2.47. The van der Waals surface area contributed by atoms with E-state index in [0.29, 0.717) is 17.1 Å². The normalized spacial score (nSPS) is 15.0. The molecule has 8 nitrogen and oxygen atoms in total. The molecule has 2 N–H and O–H groups in total. The second kappa shape index (κ2) is 11.3. The number of hydrazine groups is 1. The first-order valence-corrected chi connectivity index (χ1v) is 10.4. The molecule has 2 aromatic rings. The molecule has 2 amide bonds. The third-order valence-electron chi connectivity index (χ3n) is 5.26. The Morgan fingerprint density at radius 2 is 1.58 bits per heavy atom. The third kappa shape index (κ3) is 6.70. The van der Waals surface area contributed by atoms with Crippen molar-refractivity contribution in [1.29, 1.82) is 0 Å². The number of benzene rings is 2. The Hall–Kier alpha value is -3.10. The van der Waals surface area contributed by atoms with E-state index in [1.807, 2.05) is 6.07 Å². The van der Waals surface area contributed by atoms with Gasteiger partial charge in [0.25, 0.3) is 11.8 Å². The molecule has 0 spiro atoms. The van der Waals surface area contributed by atoms with Crippen LogP contribution >= 0.6 is 0 Å². The van der Waals surface area contributed by atoms with E-state index in [4.69, 9.17) is 9.47 Å². The van der Waals surface area contributed by atoms with Crippen LogP contribution in [-0.2, 0) is 11.3 Å². The molecule has 0 unspecified atom stereocenters. The summed E-state index contributed by atoms with van der Waals surface area (Å²) in [5.41, 5.74) is 6.62. The molecule has 166 valence electrons. The van der Waals surface area contributed by atoms with Gasteiger partial charge in [-0.05, 0) is 43.3 Å². The number of hydrogen-bond acceptors (Lipinski definition) is 6. The zero-order valence-electron chi connectivity index (χ0n) is 18.1. The third-order valence-corrected chi connectivity index (χ3v) is 5.26. The molecular weight excluding hydrogens is 396 g/mol. The zero-order chi connectivity index (χ0) is 22.1. The molecule has 0 aromatic heterocycles. The minimum atomic E-state index is -0.417. The van der Waals surface area contributed by atoms with Gasteiger partial charge in [-0.1, -0.05) is 30.3 Å². The fourth-order valence-electron chi connectivity index (χ4n) is 3.60. The molecule has 31 heavy (non-hydrogen) atoms. The summed E-state index contributed by atoms with van der Waals surface area (Å²) in [7, 11) is 3.03. The van der Waals surface area contributed by atoms with Gasteiger partial charge in [0.1, 0.15) is 0 Å². The Morgan fingerprint density at radius 3 is 2.32 bits per heavy atom. The van der Waals surface area contributed by atoms with Crippen LogP contribution in [-0.4, -0.2) is 68.6 Å². The molecule has 1 aliphatic rings. The van der Waals surface area contributed by atoms with Gasteiger partial charge in [0.15, 0.2) is 11.5 Å². The fraction of sp³-hybridized carbons (Fsp3) is 0.391. The van der Waals surface area contributed by atoms with Gasteiger partial charge in [0, 0.05) is 25.2 Å². The van der Waals surface area contributed by atoms with Crippen molar-refractivity contribution < 1.29 is 19.1 Å². The summed E-state index contributed by atoms with van der Waals surface area (Å²) in [5, 5.41) is 0. The first-order valence-electron chi connectivity index (χ1n) is 10.4. The van der Waals surface area contributed by atoms with Crippen LogP contribution in [0, 0.1) is 0 Å². The van der Waals surface area contributed by atoms with E-state index in [0.717, 1.165) is 39.1 Å². The first kappa shape index (κ1) is 22.6. The predicted molar refractivity (Wildman–Crippen MR) is 118 cm³/mol. The predicted octanol–water partition coefficient (Wildman–Crippen LogP) is 1.67. The van der Waals surface area contributed by atoms with E-state index < -0.39 is 5.91 Å². The lowest BCUT2D eigenvalue weighted by molar-refractivity contribution is -0.123. The average molecular weight is 427 g/mol. The van der Waals surface area contributed by atoms with Crippen LogP contribution in [0.1, 0.15) is 22.3 Å². The molecule has 0 radical (unpaired) electrons. The van der Waals surface area contributed by atoms with Crippen LogP contribution in [0.2, 0.25) is 0 Å². The second-order valence-electron chi connectivity index (χ2n) is 7.46. The Labute approximate surface area is 183 Å². The lowest BCUT2D eigenvalue weighted by Gasteiger charge is -2.21. The Balaban J connectivity index is 1.43. The van der Waals surface area contributed by atoms with Gasteiger partial charge in [-0.3, -0.25) is 30.2 Å². The van der Waals surface area contributed by atoms with Crippen molar-refractivity contribution in [1.82, 2.24) is 20.7 Å². The number of ether oxygens (including phenoxy) is 2. The summed E-state index contributed by atoms with van der Waals surface area (Å²) in [4.78, 5) is 29.2. The minimum absolute atomic E-state index is 0.241. The van der Waals surface area contributed by atoms with Crippen molar-refractivity contribution in [3.05, 3.63) is 59.7 Å². The van der Waals surface area contributed by atoms with Crippen molar-refractivity contribution in [2.45, 2.75) is 13.0 Å². The highest BCUT2D eigenvalue weighted by molar-refractivity contribution is 5.96. The van der Waals surface area contributed by atoms with E-state index in [2.05, 4.69) is 44.9 Å². The van der Waals surface area contributed by atoms with Crippen molar-refractivity contribution in [3.63, 3.8) is 0 Å². The number of rotatable bonds is 7. The van der Waals surface area contributed by atoms with Crippen molar-refractivity contribution in [3.8, 4) is 11.5 Å². The molecule has 1 aliphatic heterocycles. The average Bonchev–Trinajstić information content (AvgIpc) is 3.02. The van der Waals surface area contributed by atoms with Crippen molar-refractivity contribution in [2.24, 2.45) is 0 Å². The second-order valence-corrected chi connectivity index (χ2v) is 7.46. The largest absolute Gasteiger partial charge is 0.493 e. The summed E-state index contributed by atoms with van der Waals surface area (Å²) >= 11 is 0. The highest BCUT2D eigenvalue weighted by atomic mass is 16.5. The van der Waals surface area contributed by atoms with E-state index in [1.54, 1.807) is 18.2 Å². The number of amides is 2. The molecule has 0 atom stereocenters. The summed E-state index contributed by atoms with van der Waals surface area (Å²) < 4.78 is 10.4. The summed E-state index contributed by atoms with van der Waals surface area (Å²) in [5.74, 6) is 0.321. The smallest absolute Gasteiger partial charge is 0.269 e. The number of methoxy groups -OCH3 is 2. The monoisotopic (exact) mass is 426 g/mol. The highest BCUT2D eigenvalue weighted by Gasteiger charge is 2.18. The topological polar surface area (TPSA) is 83.1 Å². The summed E-state index contributed by atoms with van der Waals surface area (Å²) in [6.45, 7) is 4.73. The lowest BCUT2D eigenvalue weighted by atomic mass is 10.2. The van der Waals surface area contributed by atoms with Crippen molar-refractivity contribution in [2.75, 3.05) is 46.9 Å². The summed E-state index contributed by atoms with van der Waals surface area (Å²) in [6.07, 6.45) is 0.998. The number of nitrogens with one attached hydrogen (secondary N) is 2.